The Morgan fingerprint density at radius 3 is 2.90 bits per heavy atom. The second-order valence-corrected chi connectivity index (χ2v) is 5.36. The topological polar surface area (TPSA) is 48.5 Å². The fourth-order valence-corrected chi connectivity index (χ4v) is 2.49. The molecule has 0 saturated carbocycles. The Kier molecular flexibility index (Phi) is 3.69. The molecule has 0 spiro atoms. The van der Waals surface area contributed by atoms with Crippen molar-refractivity contribution in [2.24, 2.45) is 0 Å². The molecule has 3 rings (SSSR count). The lowest BCUT2D eigenvalue weighted by Crippen LogP contribution is -2.08. The molecule has 6 heteroatoms. The van der Waals surface area contributed by atoms with Crippen LogP contribution in [0.2, 0.25) is 0 Å². The van der Waals surface area contributed by atoms with E-state index in [0.29, 0.717) is 0 Å². The van der Waals surface area contributed by atoms with Gasteiger partial charge in [0.05, 0.1) is 5.38 Å². The van der Waals surface area contributed by atoms with Crippen LogP contribution in [0.15, 0.2) is 36.8 Å². The third-order valence-corrected chi connectivity index (χ3v) is 3.41. The highest BCUT2D eigenvalue weighted by molar-refractivity contribution is 6.20. The van der Waals surface area contributed by atoms with Crippen LogP contribution in [0, 0.1) is 0 Å². The number of pyridine rings is 1. The van der Waals surface area contributed by atoms with E-state index in [-0.39, 0.29) is 5.38 Å². The minimum absolute atomic E-state index is 0.131. The number of fused-ring (bicyclic) bond motifs is 1. The third-order valence-electron chi connectivity index (χ3n) is 3.22. The summed E-state index contributed by atoms with van der Waals surface area (Å²) in [4.78, 5) is 8.99. The molecule has 0 N–H and O–H groups in total. The van der Waals surface area contributed by atoms with Crippen LogP contribution >= 0.6 is 11.6 Å². The fraction of sp³-hybridized carbons (Fsp3) is 0.357. The molecule has 0 aliphatic rings. The van der Waals surface area contributed by atoms with E-state index < -0.39 is 0 Å². The van der Waals surface area contributed by atoms with Gasteiger partial charge < -0.3 is 4.57 Å². The average molecular weight is 290 g/mol. The quantitative estimate of drug-likeness (QED) is 0.678. The van der Waals surface area contributed by atoms with Crippen molar-refractivity contribution in [1.82, 2.24) is 24.3 Å². The monoisotopic (exact) mass is 289 g/mol. The Hall–Kier alpha value is -1.88. The van der Waals surface area contributed by atoms with Gasteiger partial charge in [-0.05, 0) is 31.5 Å². The van der Waals surface area contributed by atoms with Gasteiger partial charge in [0.15, 0.2) is 5.65 Å². The van der Waals surface area contributed by atoms with Crippen LogP contribution in [-0.4, -0.2) is 24.3 Å². The van der Waals surface area contributed by atoms with Crippen LogP contribution in [0.3, 0.4) is 0 Å². The molecule has 104 valence electrons. The van der Waals surface area contributed by atoms with Gasteiger partial charge in [0.2, 0.25) is 0 Å². The van der Waals surface area contributed by atoms with Crippen molar-refractivity contribution >= 4 is 22.8 Å². The van der Waals surface area contributed by atoms with Crippen LogP contribution < -0.4 is 0 Å². The standard InChI is InChI=1S/C14H16ClN5/c1-11(15)13-18-12-5-2-6-16-14(12)20(13)10-4-9-19-8-3-7-17-19/h2-3,5-8,11H,4,9-10H2,1H3. The van der Waals surface area contributed by atoms with Gasteiger partial charge in [0, 0.05) is 31.7 Å². The predicted octanol–water partition coefficient (Wildman–Crippen LogP) is 3.02. The Balaban J connectivity index is 1.83. The molecule has 5 nitrogen and oxygen atoms in total. The summed E-state index contributed by atoms with van der Waals surface area (Å²) in [7, 11) is 0. The summed E-state index contributed by atoms with van der Waals surface area (Å²) in [5.41, 5.74) is 1.80. The lowest BCUT2D eigenvalue weighted by molar-refractivity contribution is 0.521. The van der Waals surface area contributed by atoms with Gasteiger partial charge in [-0.25, -0.2) is 9.97 Å². The minimum Gasteiger partial charge on any atom is -0.311 e. The Morgan fingerprint density at radius 2 is 2.15 bits per heavy atom. The molecular formula is C14H16ClN5. The summed E-state index contributed by atoms with van der Waals surface area (Å²) < 4.78 is 4.03. The van der Waals surface area contributed by atoms with Crippen molar-refractivity contribution in [3.63, 3.8) is 0 Å². The number of hydrogen-bond donors (Lipinski definition) is 0. The molecule has 0 bridgehead atoms. The molecule has 0 aromatic carbocycles. The summed E-state index contributed by atoms with van der Waals surface area (Å²) in [6.07, 6.45) is 6.51. The maximum absolute atomic E-state index is 6.23. The highest BCUT2D eigenvalue weighted by atomic mass is 35.5. The zero-order chi connectivity index (χ0) is 13.9. The second kappa shape index (κ2) is 5.63. The predicted molar refractivity (Wildman–Crippen MR) is 78.6 cm³/mol. The molecule has 0 aliphatic carbocycles. The average Bonchev–Trinajstić information content (AvgIpc) is 3.07. The van der Waals surface area contributed by atoms with E-state index in [1.807, 2.05) is 36.0 Å². The number of rotatable bonds is 5. The highest BCUT2D eigenvalue weighted by Crippen LogP contribution is 2.23. The van der Waals surface area contributed by atoms with Crippen molar-refractivity contribution in [3.05, 3.63) is 42.6 Å². The van der Waals surface area contributed by atoms with Crippen molar-refractivity contribution < 1.29 is 0 Å². The SMILES string of the molecule is CC(Cl)c1nc2cccnc2n1CCCn1cccn1. The van der Waals surface area contributed by atoms with Crippen LogP contribution in [0.25, 0.3) is 11.2 Å². The Labute approximate surface area is 122 Å². The Bertz CT molecular complexity index is 687. The van der Waals surface area contributed by atoms with Gasteiger partial charge in [-0.2, -0.15) is 5.10 Å². The van der Waals surface area contributed by atoms with E-state index in [2.05, 4.69) is 19.6 Å². The summed E-state index contributed by atoms with van der Waals surface area (Å²) in [6, 6.07) is 5.79. The summed E-state index contributed by atoms with van der Waals surface area (Å²) in [5, 5.41) is 4.07. The number of alkyl halides is 1. The molecule has 1 unspecified atom stereocenters. The summed E-state index contributed by atoms with van der Waals surface area (Å²) >= 11 is 6.23. The lowest BCUT2D eigenvalue weighted by atomic mass is 10.3. The number of nitrogens with zero attached hydrogens (tertiary/aromatic N) is 5. The van der Waals surface area contributed by atoms with E-state index in [9.17, 15) is 0 Å². The molecule has 0 amide bonds. The first-order valence-electron chi connectivity index (χ1n) is 6.68. The zero-order valence-electron chi connectivity index (χ0n) is 11.3. The molecule has 0 aliphatic heterocycles. The molecule has 0 radical (unpaired) electrons. The van der Waals surface area contributed by atoms with Gasteiger partial charge in [-0.1, -0.05) is 0 Å². The number of hydrogen-bond acceptors (Lipinski definition) is 3. The second-order valence-electron chi connectivity index (χ2n) is 4.71. The van der Waals surface area contributed by atoms with Gasteiger partial charge in [0.25, 0.3) is 0 Å². The van der Waals surface area contributed by atoms with E-state index in [1.54, 1.807) is 12.4 Å². The van der Waals surface area contributed by atoms with Crippen LogP contribution in [0.4, 0.5) is 0 Å². The smallest absolute Gasteiger partial charge is 0.160 e. The molecular weight excluding hydrogens is 274 g/mol. The molecule has 20 heavy (non-hydrogen) atoms. The van der Waals surface area contributed by atoms with Gasteiger partial charge >= 0.3 is 0 Å². The van der Waals surface area contributed by atoms with Crippen molar-refractivity contribution in [2.75, 3.05) is 0 Å². The maximum atomic E-state index is 6.23. The van der Waals surface area contributed by atoms with Crippen molar-refractivity contribution in [3.8, 4) is 0 Å². The van der Waals surface area contributed by atoms with E-state index in [0.717, 1.165) is 36.5 Å². The van der Waals surface area contributed by atoms with Gasteiger partial charge in [0.1, 0.15) is 11.3 Å². The van der Waals surface area contributed by atoms with E-state index in [4.69, 9.17) is 11.6 Å². The van der Waals surface area contributed by atoms with Crippen LogP contribution in [-0.2, 0) is 13.1 Å². The molecule has 1 atom stereocenters. The number of aromatic nitrogens is 5. The highest BCUT2D eigenvalue weighted by Gasteiger charge is 2.15. The zero-order valence-corrected chi connectivity index (χ0v) is 12.0. The molecule has 0 fully saturated rings. The largest absolute Gasteiger partial charge is 0.311 e. The lowest BCUT2D eigenvalue weighted by Gasteiger charge is -2.09. The van der Waals surface area contributed by atoms with Gasteiger partial charge in [-0.15, -0.1) is 11.6 Å². The Morgan fingerprint density at radius 1 is 1.25 bits per heavy atom. The summed E-state index contributed by atoms with van der Waals surface area (Å²) in [5.74, 6) is 0.876. The van der Waals surface area contributed by atoms with Crippen LogP contribution in [0.5, 0.6) is 0 Å². The van der Waals surface area contributed by atoms with Gasteiger partial charge in [-0.3, -0.25) is 4.68 Å². The third kappa shape index (κ3) is 2.54. The molecule has 0 saturated heterocycles. The van der Waals surface area contributed by atoms with Crippen molar-refractivity contribution in [2.45, 2.75) is 31.8 Å². The molecule has 3 heterocycles. The first-order chi connectivity index (χ1) is 9.75. The number of halogens is 1. The number of aryl methyl sites for hydroxylation is 2. The molecule has 3 aromatic heterocycles. The van der Waals surface area contributed by atoms with Crippen molar-refractivity contribution in [1.29, 1.82) is 0 Å². The first kappa shape index (κ1) is 13.1. The minimum atomic E-state index is -0.131. The van der Waals surface area contributed by atoms with E-state index >= 15 is 0 Å². The summed E-state index contributed by atoms with van der Waals surface area (Å²) in [6.45, 7) is 3.64. The first-order valence-corrected chi connectivity index (χ1v) is 7.12. The fourth-order valence-electron chi connectivity index (χ4n) is 2.32. The van der Waals surface area contributed by atoms with E-state index in [1.165, 1.54) is 0 Å². The number of imidazole rings is 1. The van der Waals surface area contributed by atoms with Crippen LogP contribution in [0.1, 0.15) is 24.5 Å². The maximum Gasteiger partial charge on any atom is 0.160 e. The normalized spacial score (nSPS) is 12.9. The molecule has 3 aromatic rings.